The van der Waals surface area contributed by atoms with Crippen molar-refractivity contribution in [2.24, 2.45) is 0 Å². The van der Waals surface area contributed by atoms with E-state index >= 15 is 0 Å². The highest BCUT2D eigenvalue weighted by atomic mass is 19.1. The molecule has 1 atom stereocenters. The first-order valence-corrected chi connectivity index (χ1v) is 6.12. The summed E-state index contributed by atoms with van der Waals surface area (Å²) in [5.41, 5.74) is 2.99. The summed E-state index contributed by atoms with van der Waals surface area (Å²) in [5, 5.41) is 10.0. The molecule has 0 radical (unpaired) electrons. The van der Waals surface area contributed by atoms with E-state index in [4.69, 9.17) is 0 Å². The number of aryl methyl sites for hydroxylation is 1. The summed E-state index contributed by atoms with van der Waals surface area (Å²) in [6.07, 6.45) is 0.600. The van der Waals surface area contributed by atoms with E-state index in [1.54, 1.807) is 6.07 Å². The Bertz CT molecular complexity index is 508. The van der Waals surface area contributed by atoms with Gasteiger partial charge in [0.25, 0.3) is 0 Å². The fourth-order valence-corrected chi connectivity index (χ4v) is 2.07. The van der Waals surface area contributed by atoms with Crippen molar-refractivity contribution in [1.82, 2.24) is 0 Å². The second-order valence-electron chi connectivity index (χ2n) is 4.62. The predicted molar refractivity (Wildman–Crippen MR) is 71.0 cm³/mol. The van der Waals surface area contributed by atoms with Gasteiger partial charge in [-0.05, 0) is 48.6 Å². The second kappa shape index (κ2) is 5.78. The molecular formula is C16H17FO. The maximum Gasteiger partial charge on any atom is 0.123 e. The molecule has 94 valence electrons. The van der Waals surface area contributed by atoms with Crippen LogP contribution in [0.25, 0.3) is 0 Å². The Morgan fingerprint density at radius 1 is 1.06 bits per heavy atom. The maximum absolute atomic E-state index is 13.1. The third-order valence-corrected chi connectivity index (χ3v) is 3.08. The molecule has 18 heavy (non-hydrogen) atoms. The summed E-state index contributed by atoms with van der Waals surface area (Å²) < 4.78 is 13.1. The largest absolute Gasteiger partial charge is 0.392 e. The minimum atomic E-state index is -0.479. The van der Waals surface area contributed by atoms with Crippen LogP contribution in [-0.4, -0.2) is 11.2 Å². The molecule has 0 aliphatic carbocycles. The Labute approximate surface area is 107 Å². The summed E-state index contributed by atoms with van der Waals surface area (Å²) in [4.78, 5) is 0. The van der Waals surface area contributed by atoms with E-state index in [-0.39, 0.29) is 5.82 Å². The van der Waals surface area contributed by atoms with E-state index in [2.05, 4.69) is 0 Å². The standard InChI is InChI=1S/C16H17FO/c1-12-7-8-15(17)10-14(12)11-16(18)9-13-5-3-2-4-6-13/h2-8,10,16,18H,9,11H2,1H3. The molecule has 1 unspecified atom stereocenters. The molecule has 2 aromatic rings. The third-order valence-electron chi connectivity index (χ3n) is 3.08. The highest BCUT2D eigenvalue weighted by Gasteiger charge is 2.09. The molecular weight excluding hydrogens is 227 g/mol. The van der Waals surface area contributed by atoms with Crippen LogP contribution in [0.4, 0.5) is 4.39 Å². The van der Waals surface area contributed by atoms with E-state index in [9.17, 15) is 9.50 Å². The molecule has 0 saturated carbocycles. The smallest absolute Gasteiger partial charge is 0.123 e. The Morgan fingerprint density at radius 3 is 2.50 bits per heavy atom. The topological polar surface area (TPSA) is 20.2 Å². The van der Waals surface area contributed by atoms with Crippen molar-refractivity contribution in [3.05, 3.63) is 71.0 Å². The molecule has 2 rings (SSSR count). The lowest BCUT2D eigenvalue weighted by atomic mass is 9.98. The number of rotatable bonds is 4. The van der Waals surface area contributed by atoms with Gasteiger partial charge in [-0.25, -0.2) is 4.39 Å². The molecule has 0 spiro atoms. The van der Waals surface area contributed by atoms with Gasteiger partial charge in [-0.3, -0.25) is 0 Å². The molecule has 0 aliphatic rings. The molecule has 0 bridgehead atoms. The maximum atomic E-state index is 13.1. The summed E-state index contributed by atoms with van der Waals surface area (Å²) in [5.74, 6) is -0.248. The average molecular weight is 244 g/mol. The van der Waals surface area contributed by atoms with Crippen LogP contribution in [-0.2, 0) is 12.8 Å². The number of hydrogen-bond donors (Lipinski definition) is 1. The van der Waals surface area contributed by atoms with E-state index < -0.39 is 6.10 Å². The predicted octanol–water partition coefficient (Wildman–Crippen LogP) is 3.28. The lowest BCUT2D eigenvalue weighted by molar-refractivity contribution is 0.175. The Hall–Kier alpha value is -1.67. The van der Waals surface area contributed by atoms with Gasteiger partial charge in [0.2, 0.25) is 0 Å². The van der Waals surface area contributed by atoms with Gasteiger partial charge in [-0.15, -0.1) is 0 Å². The number of halogens is 1. The van der Waals surface area contributed by atoms with Crippen LogP contribution >= 0.6 is 0 Å². The highest BCUT2D eigenvalue weighted by Crippen LogP contribution is 2.14. The number of hydrogen-bond acceptors (Lipinski definition) is 1. The zero-order valence-electron chi connectivity index (χ0n) is 10.4. The van der Waals surface area contributed by atoms with Crippen LogP contribution < -0.4 is 0 Å². The SMILES string of the molecule is Cc1ccc(F)cc1CC(O)Cc1ccccc1. The summed E-state index contributed by atoms with van der Waals surface area (Å²) in [6, 6.07) is 14.5. The van der Waals surface area contributed by atoms with Crippen molar-refractivity contribution in [1.29, 1.82) is 0 Å². The molecule has 0 saturated heterocycles. The average Bonchev–Trinajstić information content (AvgIpc) is 2.35. The fraction of sp³-hybridized carbons (Fsp3) is 0.250. The van der Waals surface area contributed by atoms with Gasteiger partial charge >= 0.3 is 0 Å². The van der Waals surface area contributed by atoms with Crippen LogP contribution in [0.5, 0.6) is 0 Å². The second-order valence-corrected chi connectivity index (χ2v) is 4.62. The molecule has 1 nitrogen and oxygen atoms in total. The zero-order chi connectivity index (χ0) is 13.0. The minimum absolute atomic E-state index is 0.248. The van der Waals surface area contributed by atoms with Gasteiger partial charge in [0.1, 0.15) is 5.82 Å². The Kier molecular flexibility index (Phi) is 4.11. The molecule has 0 amide bonds. The quantitative estimate of drug-likeness (QED) is 0.875. The first-order valence-electron chi connectivity index (χ1n) is 6.12. The van der Waals surface area contributed by atoms with Crippen molar-refractivity contribution in [2.45, 2.75) is 25.9 Å². The van der Waals surface area contributed by atoms with E-state index in [1.807, 2.05) is 37.3 Å². The normalized spacial score (nSPS) is 12.4. The summed E-state index contributed by atoms with van der Waals surface area (Å²) >= 11 is 0. The van der Waals surface area contributed by atoms with Crippen LogP contribution in [0.3, 0.4) is 0 Å². The molecule has 2 heteroatoms. The lowest BCUT2D eigenvalue weighted by Gasteiger charge is -2.12. The first kappa shape index (κ1) is 12.8. The highest BCUT2D eigenvalue weighted by molar-refractivity contribution is 5.27. The molecule has 1 N–H and O–H groups in total. The van der Waals surface area contributed by atoms with Gasteiger partial charge in [0, 0.05) is 0 Å². The monoisotopic (exact) mass is 244 g/mol. The van der Waals surface area contributed by atoms with E-state index in [0.717, 1.165) is 16.7 Å². The van der Waals surface area contributed by atoms with Crippen molar-refractivity contribution < 1.29 is 9.50 Å². The zero-order valence-corrected chi connectivity index (χ0v) is 10.4. The summed E-state index contributed by atoms with van der Waals surface area (Å²) in [7, 11) is 0. The molecule has 2 aromatic carbocycles. The van der Waals surface area contributed by atoms with Crippen molar-refractivity contribution in [2.75, 3.05) is 0 Å². The van der Waals surface area contributed by atoms with Gasteiger partial charge in [0.15, 0.2) is 0 Å². The molecule has 0 heterocycles. The number of benzene rings is 2. The van der Waals surface area contributed by atoms with Crippen LogP contribution in [0, 0.1) is 12.7 Å². The molecule has 0 fully saturated rings. The number of aliphatic hydroxyl groups excluding tert-OH is 1. The Morgan fingerprint density at radius 2 is 1.78 bits per heavy atom. The first-order chi connectivity index (χ1) is 8.65. The minimum Gasteiger partial charge on any atom is -0.392 e. The van der Waals surface area contributed by atoms with Gasteiger partial charge in [-0.1, -0.05) is 36.4 Å². The fourth-order valence-electron chi connectivity index (χ4n) is 2.07. The van der Waals surface area contributed by atoms with E-state index in [1.165, 1.54) is 12.1 Å². The van der Waals surface area contributed by atoms with Crippen molar-refractivity contribution in [3.8, 4) is 0 Å². The van der Waals surface area contributed by atoms with Crippen LogP contribution in [0.1, 0.15) is 16.7 Å². The third kappa shape index (κ3) is 3.41. The van der Waals surface area contributed by atoms with Crippen molar-refractivity contribution >= 4 is 0 Å². The van der Waals surface area contributed by atoms with Gasteiger partial charge in [0.05, 0.1) is 6.10 Å². The number of aliphatic hydroxyl groups is 1. The van der Waals surface area contributed by atoms with Gasteiger partial charge in [-0.2, -0.15) is 0 Å². The van der Waals surface area contributed by atoms with Crippen LogP contribution in [0.2, 0.25) is 0 Å². The summed E-state index contributed by atoms with van der Waals surface area (Å²) in [6.45, 7) is 1.93. The Balaban J connectivity index is 2.03. The van der Waals surface area contributed by atoms with E-state index in [0.29, 0.717) is 12.8 Å². The molecule has 0 aromatic heterocycles. The lowest BCUT2D eigenvalue weighted by Crippen LogP contribution is -2.14. The molecule has 0 aliphatic heterocycles. The van der Waals surface area contributed by atoms with Crippen molar-refractivity contribution in [3.63, 3.8) is 0 Å². The van der Waals surface area contributed by atoms with Crippen LogP contribution in [0.15, 0.2) is 48.5 Å². The van der Waals surface area contributed by atoms with Gasteiger partial charge < -0.3 is 5.11 Å².